The molecule has 5 nitrogen and oxygen atoms in total. The molecule has 20 heavy (non-hydrogen) atoms. The van der Waals surface area contributed by atoms with Gasteiger partial charge in [0.15, 0.2) is 5.13 Å². The van der Waals surface area contributed by atoms with E-state index in [0.717, 1.165) is 0 Å². The fourth-order valence-corrected chi connectivity index (χ4v) is 2.56. The normalized spacial score (nSPS) is 10.2. The summed E-state index contributed by atoms with van der Waals surface area (Å²) in [5.41, 5.74) is 0.605. The molecule has 1 heterocycles. The second-order valence-corrected chi connectivity index (χ2v) is 5.17. The quantitative estimate of drug-likeness (QED) is 0.815. The van der Waals surface area contributed by atoms with Crippen LogP contribution in [0.2, 0.25) is 5.02 Å². The number of carbonyl (C=O) groups is 2. The Morgan fingerprint density at radius 2 is 2.10 bits per heavy atom. The summed E-state index contributed by atoms with van der Waals surface area (Å²) in [5.74, 6) is -0.499. The molecule has 0 atom stereocenters. The lowest BCUT2D eigenvalue weighted by atomic mass is 10.3. The Morgan fingerprint density at radius 3 is 2.70 bits per heavy atom. The van der Waals surface area contributed by atoms with E-state index in [2.05, 4.69) is 4.98 Å². The second kappa shape index (κ2) is 6.02. The summed E-state index contributed by atoms with van der Waals surface area (Å²) in [6, 6.07) is 6.87. The van der Waals surface area contributed by atoms with Crippen LogP contribution < -0.4 is 9.64 Å². The first-order valence-corrected chi connectivity index (χ1v) is 6.93. The molecule has 0 radical (unpaired) electrons. The highest BCUT2D eigenvalue weighted by Crippen LogP contribution is 2.32. The highest BCUT2D eigenvalue weighted by atomic mass is 35.5. The number of rotatable bonds is 3. The molecule has 0 aliphatic rings. The number of benzene rings is 1. The molecule has 2 aromatic rings. The molecule has 0 aliphatic heterocycles. The van der Waals surface area contributed by atoms with Crippen molar-refractivity contribution in [2.24, 2.45) is 0 Å². The average Bonchev–Trinajstić information content (AvgIpc) is 2.76. The zero-order chi connectivity index (χ0) is 14.7. The van der Waals surface area contributed by atoms with E-state index in [1.807, 2.05) is 0 Å². The van der Waals surface area contributed by atoms with Gasteiger partial charge in [-0.3, -0.25) is 14.5 Å². The van der Waals surface area contributed by atoms with Crippen LogP contribution in [0.15, 0.2) is 29.6 Å². The third kappa shape index (κ3) is 3.34. The van der Waals surface area contributed by atoms with Gasteiger partial charge in [-0.25, -0.2) is 0 Å². The van der Waals surface area contributed by atoms with Crippen LogP contribution in [0.1, 0.15) is 13.8 Å². The van der Waals surface area contributed by atoms with E-state index in [4.69, 9.17) is 16.3 Å². The van der Waals surface area contributed by atoms with E-state index < -0.39 is 5.97 Å². The molecule has 0 unspecified atom stereocenters. The second-order valence-electron chi connectivity index (χ2n) is 3.90. The fourth-order valence-electron chi connectivity index (χ4n) is 1.59. The molecule has 1 amide bonds. The number of amides is 1. The molecule has 0 saturated heterocycles. The van der Waals surface area contributed by atoms with Crippen LogP contribution in [0, 0.1) is 0 Å². The molecule has 7 heteroatoms. The molecule has 0 spiro atoms. The zero-order valence-electron chi connectivity index (χ0n) is 10.8. The molecule has 1 aromatic carbocycles. The summed E-state index contributed by atoms with van der Waals surface area (Å²) in [5, 5.41) is 2.50. The first-order valence-electron chi connectivity index (χ1n) is 5.67. The van der Waals surface area contributed by atoms with Gasteiger partial charge >= 0.3 is 5.97 Å². The summed E-state index contributed by atoms with van der Waals surface area (Å²) in [6.45, 7) is 2.71. The van der Waals surface area contributed by atoms with Gasteiger partial charge in [0.2, 0.25) is 11.8 Å². The molecule has 0 aliphatic carbocycles. The third-order valence-electron chi connectivity index (χ3n) is 2.29. The van der Waals surface area contributed by atoms with Crippen LogP contribution in [0.4, 0.5) is 10.8 Å². The number of anilines is 2. The van der Waals surface area contributed by atoms with Gasteiger partial charge in [0.05, 0.1) is 11.1 Å². The minimum absolute atomic E-state index is 0.172. The standard InChI is InChI=1S/C13H11ClN2O3S/c1-8(17)16(11-5-3-4-10(14)6-11)13-15-12(7-20-13)19-9(2)18/h3-7H,1-2H3. The van der Waals surface area contributed by atoms with Crippen LogP contribution in [0.5, 0.6) is 5.88 Å². The Hall–Kier alpha value is -1.92. The van der Waals surface area contributed by atoms with E-state index in [1.165, 1.54) is 30.1 Å². The van der Waals surface area contributed by atoms with Gasteiger partial charge in [0.1, 0.15) is 0 Å². The highest BCUT2D eigenvalue weighted by Gasteiger charge is 2.19. The summed E-state index contributed by atoms with van der Waals surface area (Å²) < 4.78 is 4.88. The van der Waals surface area contributed by atoms with Gasteiger partial charge < -0.3 is 4.74 Å². The molecule has 104 valence electrons. The minimum Gasteiger partial charge on any atom is -0.407 e. The minimum atomic E-state index is -0.459. The SMILES string of the molecule is CC(=O)Oc1csc(N(C(C)=O)c2cccc(Cl)c2)n1. The summed E-state index contributed by atoms with van der Waals surface area (Å²) in [6.07, 6.45) is 0. The molecule has 0 bridgehead atoms. The Labute approximate surface area is 124 Å². The van der Waals surface area contributed by atoms with Gasteiger partial charge in [-0.05, 0) is 18.2 Å². The largest absolute Gasteiger partial charge is 0.407 e. The van der Waals surface area contributed by atoms with Crippen molar-refractivity contribution in [3.63, 3.8) is 0 Å². The maximum Gasteiger partial charge on any atom is 0.309 e. The number of nitrogens with zero attached hydrogens (tertiary/aromatic N) is 2. The first-order chi connectivity index (χ1) is 9.47. The first kappa shape index (κ1) is 14.5. The topological polar surface area (TPSA) is 59.5 Å². The molecule has 2 rings (SSSR count). The molecular formula is C13H11ClN2O3S. The zero-order valence-corrected chi connectivity index (χ0v) is 12.4. The van der Waals surface area contributed by atoms with Crippen LogP contribution >= 0.6 is 22.9 Å². The maximum absolute atomic E-state index is 11.8. The Kier molecular flexibility index (Phi) is 4.36. The Balaban J connectivity index is 2.36. The number of aromatic nitrogens is 1. The molecule has 0 saturated carbocycles. The number of ether oxygens (including phenoxy) is 1. The monoisotopic (exact) mass is 310 g/mol. The van der Waals surface area contributed by atoms with Crippen LogP contribution in [0.25, 0.3) is 0 Å². The van der Waals surface area contributed by atoms with Crippen molar-refractivity contribution in [3.8, 4) is 5.88 Å². The van der Waals surface area contributed by atoms with E-state index in [-0.39, 0.29) is 11.8 Å². The Bertz CT molecular complexity index is 657. The van der Waals surface area contributed by atoms with Crippen LogP contribution in [-0.2, 0) is 9.59 Å². The van der Waals surface area contributed by atoms with Crippen molar-refractivity contribution in [3.05, 3.63) is 34.7 Å². The average molecular weight is 311 g/mol. The van der Waals surface area contributed by atoms with Gasteiger partial charge in [-0.15, -0.1) is 11.3 Å². The smallest absolute Gasteiger partial charge is 0.309 e. The lowest BCUT2D eigenvalue weighted by Crippen LogP contribution is -2.22. The molecule has 1 aromatic heterocycles. The van der Waals surface area contributed by atoms with Crippen molar-refractivity contribution in [2.45, 2.75) is 13.8 Å². The van der Waals surface area contributed by atoms with Crippen molar-refractivity contribution in [1.82, 2.24) is 4.98 Å². The van der Waals surface area contributed by atoms with Crippen molar-refractivity contribution >= 4 is 45.6 Å². The number of halogens is 1. The van der Waals surface area contributed by atoms with Crippen LogP contribution in [-0.4, -0.2) is 16.9 Å². The van der Waals surface area contributed by atoms with Gasteiger partial charge in [0.25, 0.3) is 0 Å². The van der Waals surface area contributed by atoms with Crippen molar-refractivity contribution in [1.29, 1.82) is 0 Å². The van der Waals surface area contributed by atoms with Crippen LogP contribution in [0.3, 0.4) is 0 Å². The number of hydrogen-bond donors (Lipinski definition) is 0. The summed E-state index contributed by atoms with van der Waals surface area (Å²) in [7, 11) is 0. The van der Waals surface area contributed by atoms with Gasteiger partial charge in [-0.2, -0.15) is 4.98 Å². The Morgan fingerprint density at radius 1 is 1.35 bits per heavy atom. The lowest BCUT2D eigenvalue weighted by Gasteiger charge is -2.17. The summed E-state index contributed by atoms with van der Waals surface area (Å²) >= 11 is 7.13. The van der Waals surface area contributed by atoms with E-state index in [1.54, 1.807) is 29.6 Å². The van der Waals surface area contributed by atoms with E-state index in [9.17, 15) is 9.59 Å². The van der Waals surface area contributed by atoms with E-state index in [0.29, 0.717) is 15.8 Å². The number of hydrogen-bond acceptors (Lipinski definition) is 5. The predicted octanol–water partition coefficient (Wildman–Crippen LogP) is 3.41. The van der Waals surface area contributed by atoms with Crippen molar-refractivity contribution < 1.29 is 14.3 Å². The maximum atomic E-state index is 11.8. The van der Waals surface area contributed by atoms with Gasteiger partial charge in [-0.1, -0.05) is 17.7 Å². The number of carbonyl (C=O) groups excluding carboxylic acids is 2. The fraction of sp³-hybridized carbons (Fsp3) is 0.154. The molecule has 0 N–H and O–H groups in total. The highest BCUT2D eigenvalue weighted by molar-refractivity contribution is 7.14. The number of thiazole rings is 1. The lowest BCUT2D eigenvalue weighted by molar-refractivity contribution is -0.132. The summed E-state index contributed by atoms with van der Waals surface area (Å²) in [4.78, 5) is 28.2. The molecule has 0 fully saturated rings. The predicted molar refractivity (Wildman–Crippen MR) is 77.7 cm³/mol. The number of esters is 1. The van der Waals surface area contributed by atoms with Gasteiger partial charge in [0, 0.05) is 18.9 Å². The van der Waals surface area contributed by atoms with E-state index >= 15 is 0 Å². The van der Waals surface area contributed by atoms with Crippen molar-refractivity contribution in [2.75, 3.05) is 4.90 Å². The third-order valence-corrected chi connectivity index (χ3v) is 3.33. The molecular weight excluding hydrogens is 300 g/mol.